The van der Waals surface area contributed by atoms with E-state index in [4.69, 9.17) is 8.92 Å². The number of imide groups is 1. The molecule has 4 rings (SSSR count). The molecule has 3 aromatic carbocycles. The third kappa shape index (κ3) is 6.13. The first-order valence-corrected chi connectivity index (χ1v) is 14.7. The van der Waals surface area contributed by atoms with Crippen molar-refractivity contribution in [3.63, 3.8) is 0 Å². The maximum absolute atomic E-state index is 13.0. The summed E-state index contributed by atoms with van der Waals surface area (Å²) in [6.45, 7) is 2.19. The molecule has 7 nitrogen and oxygen atoms in total. The number of halogens is 2. The van der Waals surface area contributed by atoms with Crippen molar-refractivity contribution in [2.45, 2.75) is 18.4 Å². The standard InChI is InChI=1S/C25H19BrINO6S2/c1-2-33-21-13-17(12-20(26)23(21)34-36(31,32)19-6-4-3-5-7-19)14-22-24(29)28(25(30)35-22)15-16-8-10-18(27)11-9-16/h3-14H,2,15H2,1H3/b22-14-. The lowest BCUT2D eigenvalue weighted by Crippen LogP contribution is -2.27. The molecule has 186 valence electrons. The first kappa shape index (κ1) is 26.7. The van der Waals surface area contributed by atoms with E-state index in [1.807, 2.05) is 24.3 Å². The minimum absolute atomic E-state index is 0.00484. The molecule has 2 amide bonds. The fraction of sp³-hybridized carbons (Fsp3) is 0.120. The number of benzene rings is 3. The highest BCUT2D eigenvalue weighted by molar-refractivity contribution is 14.1. The molecule has 11 heteroatoms. The average molecular weight is 700 g/mol. The van der Waals surface area contributed by atoms with Gasteiger partial charge in [0, 0.05) is 3.57 Å². The van der Waals surface area contributed by atoms with Gasteiger partial charge in [-0.1, -0.05) is 30.3 Å². The zero-order valence-electron chi connectivity index (χ0n) is 18.8. The normalized spacial score (nSPS) is 15.0. The summed E-state index contributed by atoms with van der Waals surface area (Å²) < 4.78 is 37.9. The third-order valence-corrected chi connectivity index (χ3v) is 8.43. The summed E-state index contributed by atoms with van der Waals surface area (Å²) in [5, 5.41) is -0.359. The molecule has 36 heavy (non-hydrogen) atoms. The van der Waals surface area contributed by atoms with Crippen molar-refractivity contribution >= 4 is 77.6 Å². The molecule has 0 radical (unpaired) electrons. The van der Waals surface area contributed by atoms with Gasteiger partial charge in [-0.2, -0.15) is 8.42 Å². The van der Waals surface area contributed by atoms with E-state index in [-0.39, 0.29) is 39.7 Å². The van der Waals surface area contributed by atoms with Crippen molar-refractivity contribution in [3.8, 4) is 11.5 Å². The Labute approximate surface area is 235 Å². The highest BCUT2D eigenvalue weighted by atomic mass is 127. The molecule has 0 bridgehead atoms. The van der Waals surface area contributed by atoms with E-state index in [1.54, 1.807) is 43.3 Å². The van der Waals surface area contributed by atoms with Crippen molar-refractivity contribution in [1.29, 1.82) is 0 Å². The molecular weight excluding hydrogens is 681 g/mol. The minimum atomic E-state index is -4.10. The Morgan fingerprint density at radius 3 is 2.42 bits per heavy atom. The first-order chi connectivity index (χ1) is 17.2. The van der Waals surface area contributed by atoms with Crippen LogP contribution >= 0.6 is 50.3 Å². The number of carbonyl (C=O) groups excluding carboxylic acids is 2. The maximum Gasteiger partial charge on any atom is 0.339 e. The molecular formula is C25H19BrINO6S2. The van der Waals surface area contributed by atoms with Gasteiger partial charge < -0.3 is 8.92 Å². The lowest BCUT2D eigenvalue weighted by molar-refractivity contribution is -0.123. The molecule has 1 aliphatic rings. The second-order valence-electron chi connectivity index (χ2n) is 7.51. The van der Waals surface area contributed by atoms with Crippen LogP contribution in [-0.4, -0.2) is 31.1 Å². The number of carbonyl (C=O) groups is 2. The van der Waals surface area contributed by atoms with Gasteiger partial charge >= 0.3 is 10.1 Å². The molecule has 0 saturated carbocycles. The van der Waals surface area contributed by atoms with Gasteiger partial charge in [-0.15, -0.1) is 0 Å². The van der Waals surface area contributed by atoms with Crippen LogP contribution in [0.4, 0.5) is 4.79 Å². The summed E-state index contributed by atoms with van der Waals surface area (Å²) >= 11 is 6.40. The van der Waals surface area contributed by atoms with Crippen molar-refractivity contribution in [2.24, 2.45) is 0 Å². The molecule has 0 spiro atoms. The molecule has 1 fully saturated rings. The van der Waals surface area contributed by atoms with Gasteiger partial charge in [-0.25, -0.2) is 0 Å². The predicted molar refractivity (Wildman–Crippen MR) is 150 cm³/mol. The monoisotopic (exact) mass is 699 g/mol. The summed E-state index contributed by atoms with van der Waals surface area (Å²) in [5.74, 6) is -0.231. The molecule has 0 atom stereocenters. The topological polar surface area (TPSA) is 90.0 Å². The third-order valence-electron chi connectivity index (χ3n) is 4.98. The van der Waals surface area contributed by atoms with Crippen LogP contribution in [0.5, 0.6) is 11.5 Å². The Balaban J connectivity index is 1.61. The molecule has 1 saturated heterocycles. The van der Waals surface area contributed by atoms with E-state index >= 15 is 0 Å². The quantitative estimate of drug-likeness (QED) is 0.152. The molecule has 1 aliphatic heterocycles. The maximum atomic E-state index is 13.0. The van der Waals surface area contributed by atoms with E-state index in [0.717, 1.165) is 20.9 Å². The first-order valence-electron chi connectivity index (χ1n) is 10.6. The second-order valence-corrected chi connectivity index (χ2v) is 12.1. The Morgan fingerprint density at radius 1 is 1.06 bits per heavy atom. The number of rotatable bonds is 8. The summed E-state index contributed by atoms with van der Waals surface area (Å²) in [6.07, 6.45) is 1.57. The Morgan fingerprint density at radius 2 is 1.75 bits per heavy atom. The zero-order valence-corrected chi connectivity index (χ0v) is 24.2. The second kappa shape index (κ2) is 11.4. The molecule has 0 aromatic heterocycles. The lowest BCUT2D eigenvalue weighted by Gasteiger charge is -2.15. The van der Waals surface area contributed by atoms with Crippen LogP contribution in [0.15, 0.2) is 81.0 Å². The van der Waals surface area contributed by atoms with Gasteiger partial charge in [0.2, 0.25) is 0 Å². The molecule has 3 aromatic rings. The van der Waals surface area contributed by atoms with Crippen molar-refractivity contribution in [2.75, 3.05) is 6.61 Å². The average Bonchev–Trinajstić information content (AvgIpc) is 3.10. The number of hydrogen-bond donors (Lipinski definition) is 0. The SMILES string of the molecule is CCOc1cc(/C=C2\SC(=O)N(Cc3ccc(I)cc3)C2=O)cc(Br)c1OS(=O)(=O)c1ccccc1. The van der Waals surface area contributed by atoms with Crippen molar-refractivity contribution < 1.29 is 26.9 Å². The molecule has 0 aliphatic carbocycles. The molecule has 0 N–H and O–H groups in total. The smallest absolute Gasteiger partial charge is 0.339 e. The lowest BCUT2D eigenvalue weighted by atomic mass is 10.1. The van der Waals surface area contributed by atoms with Crippen molar-refractivity contribution in [3.05, 3.63) is 90.8 Å². The van der Waals surface area contributed by atoms with Crippen LogP contribution < -0.4 is 8.92 Å². The summed E-state index contributed by atoms with van der Waals surface area (Å²) in [5.41, 5.74) is 1.39. The van der Waals surface area contributed by atoms with Gasteiger partial charge in [0.25, 0.3) is 11.1 Å². The van der Waals surface area contributed by atoms with Crippen LogP contribution in [0.1, 0.15) is 18.1 Å². The van der Waals surface area contributed by atoms with E-state index in [2.05, 4.69) is 38.5 Å². The van der Waals surface area contributed by atoms with Gasteiger partial charge in [0.1, 0.15) is 4.90 Å². The number of amides is 2. The fourth-order valence-electron chi connectivity index (χ4n) is 3.32. The summed E-state index contributed by atoms with van der Waals surface area (Å²) in [7, 11) is -4.10. The van der Waals surface area contributed by atoms with Gasteiger partial charge in [0.15, 0.2) is 11.5 Å². The molecule has 0 unspecified atom stereocenters. The Kier molecular flexibility index (Phi) is 8.43. The number of thioether (sulfide) groups is 1. The van der Waals surface area contributed by atoms with E-state index in [9.17, 15) is 18.0 Å². The predicted octanol–water partition coefficient (Wildman–Crippen LogP) is 6.46. The van der Waals surface area contributed by atoms with Gasteiger partial charge in [-0.3, -0.25) is 14.5 Å². The highest BCUT2D eigenvalue weighted by Gasteiger charge is 2.35. The van der Waals surface area contributed by atoms with E-state index in [1.165, 1.54) is 17.0 Å². The van der Waals surface area contributed by atoms with E-state index < -0.39 is 16.0 Å². The number of nitrogens with zero attached hydrogens (tertiary/aromatic N) is 1. The summed E-state index contributed by atoms with van der Waals surface area (Å²) in [4.78, 5) is 27.0. The van der Waals surface area contributed by atoms with Crippen LogP contribution in [0.2, 0.25) is 0 Å². The molecule has 1 heterocycles. The zero-order chi connectivity index (χ0) is 25.9. The van der Waals surface area contributed by atoms with Gasteiger partial charge in [-0.05, 0) is 111 Å². The number of hydrogen-bond acceptors (Lipinski definition) is 7. The highest BCUT2D eigenvalue weighted by Crippen LogP contribution is 2.41. The minimum Gasteiger partial charge on any atom is -0.490 e. The number of ether oxygens (including phenoxy) is 1. The van der Waals surface area contributed by atoms with Crippen molar-refractivity contribution in [1.82, 2.24) is 4.90 Å². The van der Waals surface area contributed by atoms with Gasteiger partial charge in [0.05, 0.1) is 22.5 Å². The van der Waals surface area contributed by atoms with Crippen LogP contribution in [0, 0.1) is 3.57 Å². The van der Waals surface area contributed by atoms with Crippen LogP contribution in [-0.2, 0) is 21.5 Å². The Bertz CT molecular complexity index is 1440. The Hall–Kier alpha value is -2.35. The van der Waals surface area contributed by atoms with Crippen LogP contribution in [0.3, 0.4) is 0 Å². The summed E-state index contributed by atoms with van der Waals surface area (Å²) in [6, 6.07) is 18.5. The van der Waals surface area contributed by atoms with Crippen LogP contribution in [0.25, 0.3) is 6.08 Å². The van der Waals surface area contributed by atoms with E-state index in [0.29, 0.717) is 10.0 Å². The fourth-order valence-corrected chi connectivity index (χ4v) is 6.14. The largest absolute Gasteiger partial charge is 0.490 e.